The monoisotopic (exact) mass is 477 g/mol. The smallest absolute Gasteiger partial charge is 0.393 e. The predicted molar refractivity (Wildman–Crippen MR) is 134 cm³/mol. The third kappa shape index (κ3) is 6.94. The Hall–Kier alpha value is -3.10. The van der Waals surface area contributed by atoms with Gasteiger partial charge in [0.2, 0.25) is 0 Å². The number of nitrogens with zero attached hydrogens (tertiary/aromatic N) is 1. The maximum Gasteiger partial charge on any atom is 0.393 e. The van der Waals surface area contributed by atoms with Gasteiger partial charge in [-0.2, -0.15) is 0 Å². The van der Waals surface area contributed by atoms with Gasteiger partial charge in [-0.1, -0.05) is 79.7 Å². The summed E-state index contributed by atoms with van der Waals surface area (Å²) >= 11 is 0. The maximum absolute atomic E-state index is 6.35. The van der Waals surface area contributed by atoms with Gasteiger partial charge in [0, 0.05) is 6.54 Å². The average molecular weight is 477 g/mol. The van der Waals surface area contributed by atoms with E-state index in [0.717, 1.165) is 0 Å². The summed E-state index contributed by atoms with van der Waals surface area (Å²) in [5.41, 5.74) is 0. The van der Waals surface area contributed by atoms with E-state index in [2.05, 4.69) is 0 Å². The summed E-state index contributed by atoms with van der Waals surface area (Å²) in [6.45, 7) is 2.63. The van der Waals surface area contributed by atoms with Crippen LogP contribution in [0.15, 0.2) is 121 Å². The van der Waals surface area contributed by atoms with Crippen molar-refractivity contribution < 1.29 is 18.1 Å². The summed E-state index contributed by atoms with van der Waals surface area (Å²) in [6, 6.07) is 38.6. The van der Waals surface area contributed by atoms with E-state index < -0.39 is 17.1 Å². The highest BCUT2D eigenvalue weighted by Crippen LogP contribution is 2.58. The molecule has 0 aliphatic rings. The zero-order valence-electron chi connectivity index (χ0n) is 18.2. The molecule has 0 atom stereocenters. The fourth-order valence-corrected chi connectivity index (χ4v) is 5.84. The molecule has 0 spiro atoms. The van der Waals surface area contributed by atoms with Crippen LogP contribution in [-0.4, -0.2) is 11.0 Å². The quantitative estimate of drug-likeness (QED) is 0.204. The standard InChI is InChI=1S/C26H25NO4P2/c1-2-27(32(28-23-15-7-3-8-16-23)29-24-17-9-4-10-18-24)33(30-25-19-11-5-12-20-25)31-26-21-13-6-14-22-26/h3-22H,2H2,1H3. The van der Waals surface area contributed by atoms with E-state index in [9.17, 15) is 0 Å². The van der Waals surface area contributed by atoms with E-state index in [-0.39, 0.29) is 0 Å². The Bertz CT molecular complexity index is 902. The SMILES string of the molecule is CCN(P(Oc1ccccc1)Oc1ccccc1)P(Oc1ccccc1)Oc1ccccc1. The molecule has 0 saturated heterocycles. The van der Waals surface area contributed by atoms with E-state index in [0.29, 0.717) is 29.5 Å². The number of benzene rings is 4. The molecule has 0 N–H and O–H groups in total. The van der Waals surface area contributed by atoms with Gasteiger partial charge in [0.15, 0.2) is 0 Å². The van der Waals surface area contributed by atoms with Crippen molar-refractivity contribution in [3.05, 3.63) is 121 Å². The first-order valence-electron chi connectivity index (χ1n) is 10.6. The molecule has 0 aromatic heterocycles. The third-order valence-electron chi connectivity index (χ3n) is 4.37. The van der Waals surface area contributed by atoms with Crippen molar-refractivity contribution in [2.45, 2.75) is 6.92 Å². The van der Waals surface area contributed by atoms with E-state index in [4.69, 9.17) is 18.1 Å². The van der Waals surface area contributed by atoms with Gasteiger partial charge in [-0.3, -0.25) is 0 Å². The molecule has 0 radical (unpaired) electrons. The summed E-state index contributed by atoms with van der Waals surface area (Å²) in [4.78, 5) is 0. The van der Waals surface area contributed by atoms with Crippen LogP contribution in [0.25, 0.3) is 0 Å². The lowest BCUT2D eigenvalue weighted by atomic mass is 10.3. The Balaban J connectivity index is 1.65. The molecule has 4 aromatic carbocycles. The number of hydrogen-bond donors (Lipinski definition) is 0. The predicted octanol–water partition coefficient (Wildman–Crippen LogP) is 8.08. The van der Waals surface area contributed by atoms with Crippen LogP contribution in [0.4, 0.5) is 0 Å². The molecule has 33 heavy (non-hydrogen) atoms. The van der Waals surface area contributed by atoms with Gasteiger partial charge in [0.1, 0.15) is 23.0 Å². The van der Waals surface area contributed by atoms with Crippen LogP contribution in [0.2, 0.25) is 0 Å². The topological polar surface area (TPSA) is 40.2 Å². The van der Waals surface area contributed by atoms with Gasteiger partial charge in [0.25, 0.3) is 0 Å². The summed E-state index contributed by atoms with van der Waals surface area (Å²) < 4.78 is 27.4. The van der Waals surface area contributed by atoms with Crippen LogP contribution in [0.5, 0.6) is 23.0 Å². The lowest BCUT2D eigenvalue weighted by molar-refractivity contribution is 0.390. The number of rotatable bonds is 11. The Morgan fingerprint density at radius 2 is 0.697 bits per heavy atom. The molecule has 0 bridgehead atoms. The molecule has 0 aliphatic heterocycles. The molecule has 7 heteroatoms. The minimum atomic E-state index is -1.60. The first kappa shape index (κ1) is 23.1. The first-order valence-corrected chi connectivity index (χ1v) is 12.9. The Labute approximate surface area is 197 Å². The average Bonchev–Trinajstić information content (AvgIpc) is 2.87. The highest BCUT2D eigenvalue weighted by molar-refractivity contribution is 7.61. The fourth-order valence-electron chi connectivity index (χ4n) is 2.80. The van der Waals surface area contributed by atoms with E-state index in [1.165, 1.54) is 0 Å². The van der Waals surface area contributed by atoms with E-state index in [1.807, 2.05) is 133 Å². The van der Waals surface area contributed by atoms with Crippen molar-refractivity contribution in [2.75, 3.05) is 6.54 Å². The Morgan fingerprint density at radius 1 is 0.455 bits per heavy atom. The molecule has 0 unspecified atom stereocenters. The van der Waals surface area contributed by atoms with E-state index in [1.54, 1.807) is 0 Å². The highest BCUT2D eigenvalue weighted by Gasteiger charge is 2.36. The maximum atomic E-state index is 6.35. The van der Waals surface area contributed by atoms with Crippen molar-refractivity contribution in [3.63, 3.8) is 0 Å². The van der Waals surface area contributed by atoms with Gasteiger partial charge in [0.05, 0.1) is 0 Å². The van der Waals surface area contributed by atoms with Crippen LogP contribution in [-0.2, 0) is 0 Å². The van der Waals surface area contributed by atoms with Crippen molar-refractivity contribution in [1.82, 2.24) is 4.44 Å². The number of para-hydroxylation sites is 4. The molecule has 0 amide bonds. The van der Waals surface area contributed by atoms with Crippen LogP contribution < -0.4 is 18.1 Å². The van der Waals surface area contributed by atoms with Gasteiger partial charge in [-0.05, 0) is 48.5 Å². The van der Waals surface area contributed by atoms with Crippen molar-refractivity contribution in [2.24, 2.45) is 0 Å². The molecule has 5 nitrogen and oxygen atoms in total. The lowest BCUT2D eigenvalue weighted by Crippen LogP contribution is -2.22. The zero-order chi connectivity index (χ0) is 22.7. The van der Waals surface area contributed by atoms with Gasteiger partial charge in [-0.25, -0.2) is 0 Å². The van der Waals surface area contributed by atoms with Gasteiger partial charge < -0.3 is 18.1 Å². The third-order valence-corrected chi connectivity index (χ3v) is 8.03. The summed E-state index contributed by atoms with van der Waals surface area (Å²) in [6.07, 6.45) is 0. The minimum absolute atomic E-state index is 0.594. The molecule has 0 fully saturated rings. The normalized spacial score (nSPS) is 10.9. The fraction of sp³-hybridized carbons (Fsp3) is 0.0769. The molecule has 0 heterocycles. The van der Waals surface area contributed by atoms with Gasteiger partial charge >= 0.3 is 17.1 Å². The molecule has 168 valence electrons. The second-order valence-corrected chi connectivity index (χ2v) is 9.74. The molecular formula is C26H25NO4P2. The van der Waals surface area contributed by atoms with Crippen LogP contribution >= 0.6 is 17.1 Å². The van der Waals surface area contributed by atoms with E-state index >= 15 is 0 Å². The minimum Gasteiger partial charge on any atom is -0.427 e. The van der Waals surface area contributed by atoms with Crippen molar-refractivity contribution in [3.8, 4) is 23.0 Å². The largest absolute Gasteiger partial charge is 0.427 e. The lowest BCUT2D eigenvalue weighted by Gasteiger charge is -2.32. The zero-order valence-corrected chi connectivity index (χ0v) is 20.0. The Kier molecular flexibility index (Phi) is 8.55. The van der Waals surface area contributed by atoms with Crippen LogP contribution in [0, 0.1) is 0 Å². The molecule has 0 saturated carbocycles. The number of hydrogen-bond acceptors (Lipinski definition) is 5. The highest BCUT2D eigenvalue weighted by atomic mass is 31.2. The van der Waals surface area contributed by atoms with Crippen LogP contribution in [0.3, 0.4) is 0 Å². The van der Waals surface area contributed by atoms with Crippen molar-refractivity contribution >= 4 is 17.1 Å². The molecular weight excluding hydrogens is 452 g/mol. The Morgan fingerprint density at radius 3 is 0.909 bits per heavy atom. The summed E-state index contributed by atoms with van der Waals surface area (Å²) in [5.74, 6) is 2.86. The molecule has 0 aliphatic carbocycles. The summed E-state index contributed by atoms with van der Waals surface area (Å²) in [7, 11) is -3.19. The first-order chi connectivity index (χ1) is 16.3. The molecule has 4 aromatic rings. The van der Waals surface area contributed by atoms with Crippen LogP contribution in [0.1, 0.15) is 6.92 Å². The summed E-state index contributed by atoms with van der Waals surface area (Å²) in [5, 5.41) is 0. The molecule has 4 rings (SSSR count). The second kappa shape index (κ2) is 12.2. The van der Waals surface area contributed by atoms with Crippen molar-refractivity contribution in [1.29, 1.82) is 0 Å². The van der Waals surface area contributed by atoms with Gasteiger partial charge in [-0.15, -0.1) is 4.44 Å². The second-order valence-electron chi connectivity index (χ2n) is 6.78.